The van der Waals surface area contributed by atoms with Gasteiger partial charge in [-0.15, -0.1) is 0 Å². The molecule has 1 fully saturated rings. The molecule has 3 unspecified atom stereocenters. The molecule has 16 heavy (non-hydrogen) atoms. The van der Waals surface area contributed by atoms with E-state index >= 15 is 0 Å². The van der Waals surface area contributed by atoms with E-state index in [0.29, 0.717) is 6.04 Å². The van der Waals surface area contributed by atoms with Gasteiger partial charge in [0.1, 0.15) is 0 Å². The molecule has 1 aliphatic carbocycles. The number of aryl methyl sites for hydroxylation is 1. The van der Waals surface area contributed by atoms with E-state index in [4.69, 9.17) is 0 Å². The van der Waals surface area contributed by atoms with E-state index in [1.54, 1.807) is 0 Å². The fraction of sp³-hybridized carbons (Fsp3) is 0.769. The van der Waals surface area contributed by atoms with Crippen LogP contribution in [0, 0.1) is 11.8 Å². The maximum absolute atomic E-state index is 4.37. The molecule has 1 aromatic heterocycles. The van der Waals surface area contributed by atoms with Crippen LogP contribution in [0.4, 0.5) is 0 Å². The highest BCUT2D eigenvalue weighted by Crippen LogP contribution is 2.38. The highest BCUT2D eigenvalue weighted by molar-refractivity contribution is 5.09. The predicted octanol–water partition coefficient (Wildman–Crippen LogP) is 2.60. The summed E-state index contributed by atoms with van der Waals surface area (Å²) in [6, 6.07) is 2.64. The van der Waals surface area contributed by atoms with Gasteiger partial charge in [-0.1, -0.05) is 13.3 Å². The predicted molar refractivity (Wildman–Crippen MR) is 66.2 cm³/mol. The van der Waals surface area contributed by atoms with Crippen molar-refractivity contribution in [2.75, 3.05) is 7.05 Å². The Labute approximate surface area is 98.2 Å². The number of nitrogens with one attached hydrogen (secondary N) is 1. The van der Waals surface area contributed by atoms with E-state index < -0.39 is 0 Å². The van der Waals surface area contributed by atoms with E-state index in [1.165, 1.54) is 25.0 Å². The maximum atomic E-state index is 4.37. The zero-order chi connectivity index (χ0) is 11.5. The third-order valence-electron chi connectivity index (χ3n) is 3.89. The molecular weight excluding hydrogens is 198 g/mol. The van der Waals surface area contributed by atoms with E-state index in [9.17, 15) is 0 Å². The summed E-state index contributed by atoms with van der Waals surface area (Å²) in [5.41, 5.74) is 1.35. The lowest BCUT2D eigenvalue weighted by Crippen LogP contribution is -2.26. The van der Waals surface area contributed by atoms with Crippen LogP contribution in [-0.4, -0.2) is 16.8 Å². The summed E-state index contributed by atoms with van der Waals surface area (Å²) in [6.07, 6.45) is 5.99. The van der Waals surface area contributed by atoms with Crippen molar-refractivity contribution in [3.05, 3.63) is 18.0 Å². The van der Waals surface area contributed by atoms with Crippen molar-refractivity contribution in [3.8, 4) is 0 Å². The first-order valence-corrected chi connectivity index (χ1v) is 6.45. The first kappa shape index (κ1) is 11.6. The molecular formula is C13H23N3. The molecule has 0 radical (unpaired) electrons. The second-order valence-corrected chi connectivity index (χ2v) is 5.02. The number of hydrogen-bond donors (Lipinski definition) is 1. The van der Waals surface area contributed by atoms with Crippen molar-refractivity contribution in [2.45, 2.75) is 45.7 Å². The Kier molecular flexibility index (Phi) is 3.64. The van der Waals surface area contributed by atoms with Gasteiger partial charge in [-0.25, -0.2) is 0 Å². The van der Waals surface area contributed by atoms with Crippen molar-refractivity contribution >= 4 is 0 Å². The fourth-order valence-corrected chi connectivity index (χ4v) is 3.05. The largest absolute Gasteiger partial charge is 0.311 e. The standard InChI is InChI=1S/C13H23N3/c1-4-16-12(7-8-15-16)13(14-3)11-6-5-10(2)9-11/h7-8,10-11,13-14H,4-6,9H2,1-3H3. The SMILES string of the molecule is CCn1nccc1C(NC)C1CCC(C)C1. The Bertz CT molecular complexity index is 332. The molecule has 1 aromatic rings. The van der Waals surface area contributed by atoms with Crippen molar-refractivity contribution in [3.63, 3.8) is 0 Å². The Balaban J connectivity index is 2.16. The molecule has 1 heterocycles. The zero-order valence-corrected chi connectivity index (χ0v) is 10.6. The van der Waals surface area contributed by atoms with E-state index in [1.807, 2.05) is 6.20 Å². The summed E-state index contributed by atoms with van der Waals surface area (Å²) in [4.78, 5) is 0. The van der Waals surface area contributed by atoms with Crippen LogP contribution in [-0.2, 0) is 6.54 Å². The van der Waals surface area contributed by atoms with Gasteiger partial charge in [0.15, 0.2) is 0 Å². The highest BCUT2D eigenvalue weighted by atomic mass is 15.3. The molecule has 1 saturated carbocycles. The van der Waals surface area contributed by atoms with Crippen LogP contribution in [0.15, 0.2) is 12.3 Å². The smallest absolute Gasteiger partial charge is 0.0556 e. The first-order chi connectivity index (χ1) is 7.76. The molecule has 3 atom stereocenters. The number of aromatic nitrogens is 2. The molecule has 3 nitrogen and oxygen atoms in total. The van der Waals surface area contributed by atoms with Crippen LogP contribution in [0.1, 0.15) is 44.8 Å². The van der Waals surface area contributed by atoms with Gasteiger partial charge >= 0.3 is 0 Å². The number of hydrogen-bond acceptors (Lipinski definition) is 2. The van der Waals surface area contributed by atoms with E-state index in [0.717, 1.165) is 18.4 Å². The third kappa shape index (κ3) is 2.14. The molecule has 0 aliphatic heterocycles. The molecule has 0 bridgehead atoms. The molecule has 90 valence electrons. The van der Waals surface area contributed by atoms with Crippen LogP contribution >= 0.6 is 0 Å². The van der Waals surface area contributed by atoms with Crippen molar-refractivity contribution in [1.29, 1.82) is 0 Å². The molecule has 0 spiro atoms. The van der Waals surface area contributed by atoms with Crippen LogP contribution in [0.2, 0.25) is 0 Å². The average molecular weight is 221 g/mol. The number of rotatable bonds is 4. The monoisotopic (exact) mass is 221 g/mol. The average Bonchev–Trinajstić information content (AvgIpc) is 2.89. The van der Waals surface area contributed by atoms with Crippen molar-refractivity contribution < 1.29 is 0 Å². The molecule has 3 heteroatoms. The van der Waals surface area contributed by atoms with Gasteiger partial charge in [-0.3, -0.25) is 4.68 Å². The minimum atomic E-state index is 0.479. The van der Waals surface area contributed by atoms with E-state index in [2.05, 4.69) is 42.1 Å². The summed E-state index contributed by atoms with van der Waals surface area (Å²) in [7, 11) is 2.07. The molecule has 1 N–H and O–H groups in total. The topological polar surface area (TPSA) is 29.9 Å². The minimum absolute atomic E-state index is 0.479. The summed E-state index contributed by atoms with van der Waals surface area (Å²) in [5, 5.41) is 7.85. The fourth-order valence-electron chi connectivity index (χ4n) is 3.05. The molecule has 0 saturated heterocycles. The minimum Gasteiger partial charge on any atom is -0.311 e. The highest BCUT2D eigenvalue weighted by Gasteiger charge is 2.30. The van der Waals surface area contributed by atoms with Gasteiger partial charge in [0, 0.05) is 12.7 Å². The Morgan fingerprint density at radius 2 is 2.38 bits per heavy atom. The quantitative estimate of drug-likeness (QED) is 0.847. The molecule has 0 amide bonds. The van der Waals surface area contributed by atoms with Gasteiger partial charge in [0.25, 0.3) is 0 Å². The first-order valence-electron chi connectivity index (χ1n) is 6.45. The van der Waals surface area contributed by atoms with Crippen molar-refractivity contribution in [2.24, 2.45) is 11.8 Å². The van der Waals surface area contributed by atoms with Gasteiger partial charge in [0.2, 0.25) is 0 Å². The van der Waals surface area contributed by atoms with Crippen LogP contribution in [0.5, 0.6) is 0 Å². The second-order valence-electron chi connectivity index (χ2n) is 5.02. The van der Waals surface area contributed by atoms with Gasteiger partial charge < -0.3 is 5.32 Å². The molecule has 1 aliphatic rings. The van der Waals surface area contributed by atoms with E-state index in [-0.39, 0.29) is 0 Å². The van der Waals surface area contributed by atoms with Gasteiger partial charge in [0.05, 0.1) is 11.7 Å². The summed E-state index contributed by atoms with van der Waals surface area (Å²) in [5.74, 6) is 1.67. The van der Waals surface area contributed by atoms with Crippen LogP contribution in [0.3, 0.4) is 0 Å². The van der Waals surface area contributed by atoms with Crippen LogP contribution in [0.25, 0.3) is 0 Å². The lowest BCUT2D eigenvalue weighted by molar-refractivity contribution is 0.357. The Morgan fingerprint density at radius 3 is 2.94 bits per heavy atom. The lowest BCUT2D eigenvalue weighted by atomic mass is 9.94. The van der Waals surface area contributed by atoms with Gasteiger partial charge in [-0.2, -0.15) is 5.10 Å². The van der Waals surface area contributed by atoms with Gasteiger partial charge in [-0.05, 0) is 44.7 Å². The second kappa shape index (κ2) is 5.00. The zero-order valence-electron chi connectivity index (χ0n) is 10.6. The van der Waals surface area contributed by atoms with Crippen molar-refractivity contribution in [1.82, 2.24) is 15.1 Å². The molecule has 0 aromatic carbocycles. The maximum Gasteiger partial charge on any atom is 0.0556 e. The molecule has 2 rings (SSSR count). The summed E-state index contributed by atoms with van der Waals surface area (Å²) in [6.45, 7) is 5.48. The lowest BCUT2D eigenvalue weighted by Gasteiger charge is -2.24. The summed E-state index contributed by atoms with van der Waals surface area (Å²) >= 11 is 0. The third-order valence-corrected chi connectivity index (χ3v) is 3.89. The number of nitrogens with zero attached hydrogens (tertiary/aromatic N) is 2. The van der Waals surface area contributed by atoms with Crippen LogP contribution < -0.4 is 5.32 Å². The Morgan fingerprint density at radius 1 is 1.56 bits per heavy atom. The Hall–Kier alpha value is -0.830. The normalized spacial score (nSPS) is 27.2. The summed E-state index contributed by atoms with van der Waals surface area (Å²) < 4.78 is 2.12.